The average Bonchev–Trinajstić information content (AvgIpc) is 2.62. The van der Waals surface area contributed by atoms with Crippen molar-refractivity contribution >= 4 is 11.5 Å². The fourth-order valence-corrected chi connectivity index (χ4v) is 1.22. The maximum atomic E-state index is 10.7. The largest absolute Gasteiger partial charge is 0.363 e. The lowest BCUT2D eigenvalue weighted by atomic mass is 10.3. The van der Waals surface area contributed by atoms with E-state index in [-0.39, 0.29) is 5.69 Å². The van der Waals surface area contributed by atoms with Crippen LogP contribution in [-0.4, -0.2) is 21.2 Å². The van der Waals surface area contributed by atoms with Crippen molar-refractivity contribution in [2.75, 3.05) is 11.9 Å². The number of nitrogens with one attached hydrogen (secondary N) is 1. The summed E-state index contributed by atoms with van der Waals surface area (Å²) in [4.78, 5) is 10.3. The van der Waals surface area contributed by atoms with Crippen molar-refractivity contribution in [2.45, 2.75) is 33.2 Å². The van der Waals surface area contributed by atoms with Crippen molar-refractivity contribution < 1.29 is 4.92 Å². The number of hydrogen-bond acceptors (Lipinski definition) is 4. The topological polar surface area (TPSA) is 73.0 Å². The maximum absolute atomic E-state index is 10.7. The second kappa shape index (κ2) is 5.33. The molecule has 0 bridgehead atoms. The summed E-state index contributed by atoms with van der Waals surface area (Å²) in [5.41, 5.74) is 0.0490. The molecule has 0 fully saturated rings. The molecule has 0 aliphatic rings. The molecule has 0 aliphatic carbocycles. The van der Waals surface area contributed by atoms with E-state index in [1.165, 1.54) is 6.20 Å². The Labute approximate surface area is 88.4 Å². The Morgan fingerprint density at radius 3 is 2.87 bits per heavy atom. The van der Waals surface area contributed by atoms with E-state index >= 15 is 0 Å². The highest BCUT2D eigenvalue weighted by molar-refractivity contribution is 5.54. The fourth-order valence-electron chi connectivity index (χ4n) is 1.22. The van der Waals surface area contributed by atoms with Crippen LogP contribution in [0.25, 0.3) is 0 Å². The van der Waals surface area contributed by atoms with Crippen LogP contribution in [-0.2, 0) is 6.54 Å². The lowest BCUT2D eigenvalue weighted by molar-refractivity contribution is -0.384. The van der Waals surface area contributed by atoms with Gasteiger partial charge in [-0.25, -0.2) is 0 Å². The molecule has 0 aliphatic heterocycles. The minimum Gasteiger partial charge on any atom is -0.363 e. The van der Waals surface area contributed by atoms with E-state index < -0.39 is 4.92 Å². The number of aromatic nitrogens is 2. The Balaban J connectivity index is 2.75. The Hall–Kier alpha value is -1.59. The Morgan fingerprint density at radius 1 is 1.60 bits per heavy atom. The van der Waals surface area contributed by atoms with E-state index in [0.29, 0.717) is 12.4 Å². The van der Waals surface area contributed by atoms with Gasteiger partial charge in [0.05, 0.1) is 4.92 Å². The van der Waals surface area contributed by atoms with Crippen LogP contribution in [0.15, 0.2) is 6.20 Å². The summed E-state index contributed by atoms with van der Waals surface area (Å²) in [5.74, 6) is 0.371. The van der Waals surface area contributed by atoms with Gasteiger partial charge in [0.1, 0.15) is 6.20 Å². The third-order valence-electron chi connectivity index (χ3n) is 2.09. The number of hydrogen-bond donors (Lipinski definition) is 1. The third-order valence-corrected chi connectivity index (χ3v) is 2.09. The standard InChI is InChI=1S/C9H16N4O2/c1-3-5-6-10-9-8(13(14)15)7-12(4-2)11-9/h7H,3-6H2,1-2H3,(H,10,11). The van der Waals surface area contributed by atoms with Gasteiger partial charge < -0.3 is 5.32 Å². The predicted molar refractivity (Wildman–Crippen MR) is 58.0 cm³/mol. The first-order valence-corrected chi connectivity index (χ1v) is 5.14. The summed E-state index contributed by atoms with van der Waals surface area (Å²) in [6.45, 7) is 5.32. The summed E-state index contributed by atoms with van der Waals surface area (Å²) < 4.78 is 1.56. The first kappa shape index (κ1) is 11.5. The minimum absolute atomic E-state index is 0.0490. The van der Waals surface area contributed by atoms with Crippen LogP contribution < -0.4 is 5.32 Å². The van der Waals surface area contributed by atoms with E-state index in [4.69, 9.17) is 0 Å². The zero-order chi connectivity index (χ0) is 11.3. The zero-order valence-corrected chi connectivity index (χ0v) is 9.06. The van der Waals surface area contributed by atoms with E-state index in [1.54, 1.807) is 4.68 Å². The number of rotatable bonds is 6. The Bertz CT molecular complexity index is 335. The molecule has 0 spiro atoms. The van der Waals surface area contributed by atoms with Crippen molar-refractivity contribution in [2.24, 2.45) is 0 Å². The molecule has 1 heterocycles. The van der Waals surface area contributed by atoms with Gasteiger partial charge in [0, 0.05) is 13.1 Å². The molecule has 0 unspecified atom stereocenters. The number of aryl methyl sites for hydroxylation is 1. The monoisotopic (exact) mass is 212 g/mol. The first-order valence-electron chi connectivity index (χ1n) is 5.14. The van der Waals surface area contributed by atoms with Crippen molar-refractivity contribution in [3.8, 4) is 0 Å². The van der Waals surface area contributed by atoms with E-state index in [2.05, 4.69) is 17.3 Å². The summed E-state index contributed by atoms with van der Waals surface area (Å²) in [5, 5.41) is 17.8. The van der Waals surface area contributed by atoms with Crippen LogP contribution in [0.1, 0.15) is 26.7 Å². The molecule has 0 radical (unpaired) electrons. The molecule has 0 saturated heterocycles. The fraction of sp³-hybridized carbons (Fsp3) is 0.667. The molecule has 1 N–H and O–H groups in total. The molecule has 1 aromatic rings. The number of nitrogens with zero attached hydrogens (tertiary/aromatic N) is 3. The molecule has 1 aromatic heterocycles. The summed E-state index contributed by atoms with van der Waals surface area (Å²) in [6, 6.07) is 0. The zero-order valence-electron chi connectivity index (χ0n) is 9.06. The lowest BCUT2D eigenvalue weighted by Gasteiger charge is -2.00. The quantitative estimate of drug-likeness (QED) is 0.445. The van der Waals surface area contributed by atoms with Crippen molar-refractivity contribution in [1.29, 1.82) is 0 Å². The highest BCUT2D eigenvalue weighted by atomic mass is 16.6. The minimum atomic E-state index is -0.409. The first-order chi connectivity index (χ1) is 7.19. The van der Waals surface area contributed by atoms with E-state index in [1.807, 2.05) is 6.92 Å². The van der Waals surface area contributed by atoms with Gasteiger partial charge in [-0.1, -0.05) is 13.3 Å². The summed E-state index contributed by atoms with van der Waals surface area (Å²) in [7, 11) is 0. The predicted octanol–water partition coefficient (Wildman–Crippen LogP) is 2.02. The molecule has 0 amide bonds. The smallest absolute Gasteiger partial charge is 0.330 e. The van der Waals surface area contributed by atoms with Gasteiger partial charge >= 0.3 is 5.69 Å². The second-order valence-electron chi connectivity index (χ2n) is 3.26. The van der Waals surface area contributed by atoms with Crippen LogP contribution in [0, 0.1) is 10.1 Å². The average molecular weight is 212 g/mol. The molecule has 6 nitrogen and oxygen atoms in total. The van der Waals surface area contributed by atoms with Gasteiger partial charge in [0.25, 0.3) is 0 Å². The molecule has 84 valence electrons. The van der Waals surface area contributed by atoms with E-state index in [9.17, 15) is 10.1 Å². The molecule has 15 heavy (non-hydrogen) atoms. The van der Waals surface area contributed by atoms with Crippen LogP contribution in [0.2, 0.25) is 0 Å². The highest BCUT2D eigenvalue weighted by Crippen LogP contribution is 2.21. The molecule has 0 aromatic carbocycles. The number of anilines is 1. The Kier molecular flexibility index (Phi) is 4.08. The Morgan fingerprint density at radius 2 is 2.33 bits per heavy atom. The SMILES string of the molecule is CCCCNc1nn(CC)cc1[N+](=O)[O-]. The second-order valence-corrected chi connectivity index (χ2v) is 3.26. The van der Waals surface area contributed by atoms with Gasteiger partial charge in [-0.15, -0.1) is 5.10 Å². The third kappa shape index (κ3) is 2.93. The normalized spacial score (nSPS) is 10.3. The van der Waals surface area contributed by atoms with Gasteiger partial charge in [-0.2, -0.15) is 0 Å². The van der Waals surface area contributed by atoms with Gasteiger partial charge in [-0.3, -0.25) is 14.8 Å². The van der Waals surface area contributed by atoms with Crippen molar-refractivity contribution in [1.82, 2.24) is 9.78 Å². The summed E-state index contributed by atoms with van der Waals surface area (Å²) in [6.07, 6.45) is 3.49. The van der Waals surface area contributed by atoms with Crippen molar-refractivity contribution in [3.63, 3.8) is 0 Å². The van der Waals surface area contributed by atoms with Gasteiger partial charge in [0.2, 0.25) is 5.82 Å². The molecule has 0 atom stereocenters. The molecular weight excluding hydrogens is 196 g/mol. The van der Waals surface area contributed by atoms with E-state index in [0.717, 1.165) is 19.4 Å². The lowest BCUT2D eigenvalue weighted by Crippen LogP contribution is -2.04. The van der Waals surface area contributed by atoms with Crippen molar-refractivity contribution in [3.05, 3.63) is 16.3 Å². The number of unbranched alkanes of at least 4 members (excludes halogenated alkanes) is 1. The highest BCUT2D eigenvalue weighted by Gasteiger charge is 2.18. The van der Waals surface area contributed by atoms with Gasteiger partial charge in [-0.05, 0) is 13.3 Å². The maximum Gasteiger partial charge on any atom is 0.330 e. The van der Waals surface area contributed by atoms with Gasteiger partial charge in [0.15, 0.2) is 0 Å². The molecule has 0 saturated carbocycles. The molecule has 1 rings (SSSR count). The van der Waals surface area contributed by atoms with Crippen LogP contribution >= 0.6 is 0 Å². The van der Waals surface area contributed by atoms with Crippen LogP contribution in [0.4, 0.5) is 11.5 Å². The number of nitro groups is 1. The molecular formula is C9H16N4O2. The van der Waals surface area contributed by atoms with Crippen LogP contribution in [0.3, 0.4) is 0 Å². The summed E-state index contributed by atoms with van der Waals surface area (Å²) >= 11 is 0. The van der Waals surface area contributed by atoms with Crippen LogP contribution in [0.5, 0.6) is 0 Å². The molecule has 6 heteroatoms.